The first-order valence-electron chi connectivity index (χ1n) is 5.71. The second-order valence-corrected chi connectivity index (χ2v) is 4.21. The molecule has 5 heteroatoms. The largest absolute Gasteiger partial charge is 0.308 e. The number of benzene rings is 1. The van der Waals surface area contributed by atoms with Gasteiger partial charge in [0.2, 0.25) is 5.95 Å². The molecule has 1 aromatic heterocycles. The van der Waals surface area contributed by atoms with Gasteiger partial charge in [0.05, 0.1) is 5.69 Å². The van der Waals surface area contributed by atoms with Crippen molar-refractivity contribution in [2.75, 3.05) is 0 Å². The van der Waals surface area contributed by atoms with E-state index in [1.165, 1.54) is 16.8 Å². The molecular weight excluding hydrogens is 236 g/mol. The Kier molecular flexibility index (Phi) is 3.72. The molecule has 2 rings (SSSR count). The van der Waals surface area contributed by atoms with Gasteiger partial charge in [-0.1, -0.05) is 12.1 Å². The summed E-state index contributed by atoms with van der Waals surface area (Å²) in [6.07, 6.45) is 0. The number of rotatable bonds is 4. The summed E-state index contributed by atoms with van der Waals surface area (Å²) in [6.45, 7) is 2.74. The van der Waals surface area contributed by atoms with E-state index in [9.17, 15) is 8.78 Å². The lowest BCUT2D eigenvalue weighted by Gasteiger charge is -2.04. The van der Waals surface area contributed by atoms with Crippen LogP contribution >= 0.6 is 0 Å². The second-order valence-electron chi connectivity index (χ2n) is 4.21. The van der Waals surface area contributed by atoms with Gasteiger partial charge < -0.3 is 5.32 Å². The van der Waals surface area contributed by atoms with E-state index in [0.717, 1.165) is 5.56 Å². The van der Waals surface area contributed by atoms with E-state index in [-0.39, 0.29) is 11.8 Å². The fourth-order valence-corrected chi connectivity index (χ4v) is 1.81. The molecule has 0 spiro atoms. The van der Waals surface area contributed by atoms with Crippen molar-refractivity contribution < 1.29 is 8.78 Å². The third kappa shape index (κ3) is 2.73. The number of hydrogen-bond acceptors (Lipinski definition) is 2. The molecule has 0 aliphatic rings. The van der Waals surface area contributed by atoms with Gasteiger partial charge in [0, 0.05) is 25.7 Å². The molecule has 0 atom stereocenters. The van der Waals surface area contributed by atoms with E-state index in [0.29, 0.717) is 24.3 Å². The molecule has 0 radical (unpaired) electrons. The first kappa shape index (κ1) is 12.7. The molecule has 0 unspecified atom stereocenters. The Morgan fingerprint density at radius 3 is 2.39 bits per heavy atom. The van der Waals surface area contributed by atoms with Crippen LogP contribution in [0, 0.1) is 18.7 Å². The van der Waals surface area contributed by atoms with E-state index in [1.54, 1.807) is 26.1 Å². The van der Waals surface area contributed by atoms with Crippen molar-refractivity contribution in [1.29, 1.82) is 0 Å². The lowest BCUT2D eigenvalue weighted by atomic mass is 10.2. The number of aromatic nitrogens is 2. The highest BCUT2D eigenvalue weighted by molar-refractivity contribution is 5.18. The van der Waals surface area contributed by atoms with Gasteiger partial charge in [-0.3, -0.25) is 0 Å². The molecule has 0 saturated carbocycles. The normalized spacial score (nSPS) is 10.9. The van der Waals surface area contributed by atoms with Crippen molar-refractivity contribution in [1.82, 2.24) is 15.1 Å². The highest BCUT2D eigenvalue weighted by Gasteiger charge is 2.11. The van der Waals surface area contributed by atoms with Crippen LogP contribution in [0.4, 0.5) is 8.78 Å². The first-order chi connectivity index (χ1) is 8.58. The van der Waals surface area contributed by atoms with Gasteiger partial charge >= 0.3 is 0 Å². The minimum absolute atomic E-state index is 0.257. The summed E-state index contributed by atoms with van der Waals surface area (Å²) in [5.74, 6) is -0.577. The minimum atomic E-state index is -0.320. The van der Waals surface area contributed by atoms with Gasteiger partial charge in [-0.2, -0.15) is 9.49 Å². The third-order valence-electron chi connectivity index (χ3n) is 2.81. The molecule has 18 heavy (non-hydrogen) atoms. The molecule has 1 aromatic carbocycles. The van der Waals surface area contributed by atoms with Crippen LogP contribution < -0.4 is 5.32 Å². The van der Waals surface area contributed by atoms with Crippen LogP contribution in [0.2, 0.25) is 0 Å². The van der Waals surface area contributed by atoms with Gasteiger partial charge in [-0.25, -0.2) is 9.07 Å². The SMILES string of the molecule is Cc1nn(C)c(F)c1CNCc1ccc(F)cc1. The highest BCUT2D eigenvalue weighted by atomic mass is 19.1. The van der Waals surface area contributed by atoms with E-state index in [4.69, 9.17) is 0 Å². The molecule has 3 nitrogen and oxygen atoms in total. The van der Waals surface area contributed by atoms with Crippen LogP contribution in [0.1, 0.15) is 16.8 Å². The predicted octanol–water partition coefficient (Wildman–Crippen LogP) is 2.30. The Morgan fingerprint density at radius 1 is 1.17 bits per heavy atom. The van der Waals surface area contributed by atoms with Gasteiger partial charge in [-0.05, 0) is 24.6 Å². The lowest BCUT2D eigenvalue weighted by molar-refractivity contribution is 0.489. The van der Waals surface area contributed by atoms with E-state index >= 15 is 0 Å². The molecule has 2 aromatic rings. The molecule has 96 valence electrons. The van der Waals surface area contributed by atoms with Crippen molar-refractivity contribution >= 4 is 0 Å². The molecule has 1 N–H and O–H groups in total. The maximum Gasteiger partial charge on any atom is 0.215 e. The van der Waals surface area contributed by atoms with Crippen molar-refractivity contribution in [3.05, 3.63) is 52.9 Å². The molecule has 0 amide bonds. The standard InChI is InChI=1S/C13H15F2N3/c1-9-12(13(15)18(2)17-9)8-16-7-10-3-5-11(14)6-4-10/h3-6,16H,7-8H2,1-2H3. The van der Waals surface area contributed by atoms with Crippen LogP contribution in [0.25, 0.3) is 0 Å². The quantitative estimate of drug-likeness (QED) is 0.903. The molecule has 0 aliphatic heterocycles. The maximum atomic E-state index is 13.6. The van der Waals surface area contributed by atoms with Gasteiger partial charge in [0.25, 0.3) is 0 Å². The first-order valence-corrected chi connectivity index (χ1v) is 5.71. The molecule has 0 bridgehead atoms. The van der Waals surface area contributed by atoms with Crippen LogP contribution in [0.5, 0.6) is 0 Å². The number of halogens is 2. The number of nitrogens with one attached hydrogen (secondary N) is 1. The smallest absolute Gasteiger partial charge is 0.215 e. The minimum Gasteiger partial charge on any atom is -0.308 e. The average molecular weight is 251 g/mol. The molecule has 0 fully saturated rings. The van der Waals surface area contributed by atoms with E-state index in [2.05, 4.69) is 10.4 Å². The topological polar surface area (TPSA) is 29.9 Å². The van der Waals surface area contributed by atoms with Crippen molar-refractivity contribution in [2.24, 2.45) is 7.05 Å². The Morgan fingerprint density at radius 2 is 1.83 bits per heavy atom. The third-order valence-corrected chi connectivity index (χ3v) is 2.81. The Bertz CT molecular complexity index is 532. The zero-order valence-corrected chi connectivity index (χ0v) is 10.4. The van der Waals surface area contributed by atoms with Crippen LogP contribution in [-0.2, 0) is 20.1 Å². The van der Waals surface area contributed by atoms with Gasteiger partial charge in [0.15, 0.2) is 0 Å². The molecule has 1 heterocycles. The Balaban J connectivity index is 1.94. The summed E-state index contributed by atoms with van der Waals surface area (Å²) in [5, 5.41) is 7.12. The van der Waals surface area contributed by atoms with E-state index < -0.39 is 0 Å². The zero-order chi connectivity index (χ0) is 13.1. The number of aryl methyl sites for hydroxylation is 2. The summed E-state index contributed by atoms with van der Waals surface area (Å²) < 4.78 is 27.5. The summed E-state index contributed by atoms with van der Waals surface area (Å²) in [5.41, 5.74) is 2.21. The number of nitrogens with zero attached hydrogens (tertiary/aromatic N) is 2. The van der Waals surface area contributed by atoms with Crippen molar-refractivity contribution in [3.63, 3.8) is 0 Å². The number of hydrogen-bond donors (Lipinski definition) is 1. The predicted molar refractivity (Wildman–Crippen MR) is 64.8 cm³/mol. The fourth-order valence-electron chi connectivity index (χ4n) is 1.81. The summed E-state index contributed by atoms with van der Waals surface area (Å²) in [7, 11) is 1.58. The van der Waals surface area contributed by atoms with Crippen molar-refractivity contribution in [3.8, 4) is 0 Å². The van der Waals surface area contributed by atoms with Crippen LogP contribution in [-0.4, -0.2) is 9.78 Å². The zero-order valence-electron chi connectivity index (χ0n) is 10.4. The van der Waals surface area contributed by atoms with Crippen LogP contribution in [0.3, 0.4) is 0 Å². The maximum absolute atomic E-state index is 13.6. The Labute approximate surface area is 104 Å². The van der Waals surface area contributed by atoms with E-state index in [1.807, 2.05) is 0 Å². The molecular formula is C13H15F2N3. The summed E-state index contributed by atoms with van der Waals surface area (Å²) >= 11 is 0. The fraction of sp³-hybridized carbons (Fsp3) is 0.308. The molecule has 0 aliphatic carbocycles. The van der Waals surface area contributed by atoms with Gasteiger partial charge in [0.1, 0.15) is 5.82 Å². The average Bonchev–Trinajstić information content (AvgIpc) is 2.58. The second kappa shape index (κ2) is 5.27. The van der Waals surface area contributed by atoms with Crippen molar-refractivity contribution in [2.45, 2.75) is 20.0 Å². The summed E-state index contributed by atoms with van der Waals surface area (Å²) in [6, 6.07) is 6.23. The molecule has 0 saturated heterocycles. The highest BCUT2D eigenvalue weighted by Crippen LogP contribution is 2.11. The Hall–Kier alpha value is -1.75. The monoisotopic (exact) mass is 251 g/mol. The van der Waals surface area contributed by atoms with Crippen LogP contribution in [0.15, 0.2) is 24.3 Å². The van der Waals surface area contributed by atoms with Gasteiger partial charge in [-0.15, -0.1) is 0 Å². The lowest BCUT2D eigenvalue weighted by Crippen LogP contribution is -2.14. The summed E-state index contributed by atoms with van der Waals surface area (Å²) in [4.78, 5) is 0.